The van der Waals surface area contributed by atoms with Crippen molar-refractivity contribution in [3.8, 4) is 0 Å². The Morgan fingerprint density at radius 3 is 2.95 bits per heavy atom. The number of benzene rings is 1. The highest BCUT2D eigenvalue weighted by molar-refractivity contribution is 5.87. The monoisotopic (exact) mass is 281 g/mol. The second-order valence-corrected chi connectivity index (χ2v) is 4.53. The van der Waals surface area contributed by atoms with Gasteiger partial charge in [0, 0.05) is 18.3 Å². The van der Waals surface area contributed by atoms with E-state index >= 15 is 0 Å². The van der Waals surface area contributed by atoms with Crippen molar-refractivity contribution in [3.63, 3.8) is 0 Å². The van der Waals surface area contributed by atoms with Gasteiger partial charge in [-0.3, -0.25) is 24.3 Å². The average Bonchev–Trinajstić information content (AvgIpc) is 2.84. The third-order valence-corrected chi connectivity index (χ3v) is 3.32. The van der Waals surface area contributed by atoms with Crippen LogP contribution in [0.25, 0.3) is 27.8 Å². The van der Waals surface area contributed by atoms with E-state index < -0.39 is 4.92 Å². The molecule has 0 bridgehead atoms. The highest BCUT2D eigenvalue weighted by Crippen LogP contribution is 2.22. The molecule has 0 spiro atoms. The number of nitrogens with one attached hydrogen (secondary N) is 1. The molecule has 0 radical (unpaired) electrons. The smallest absolute Gasteiger partial charge is 0.271 e. The van der Waals surface area contributed by atoms with Gasteiger partial charge in [-0.2, -0.15) is 0 Å². The number of hydrogen-bond acceptors (Lipinski definition) is 5. The molecule has 0 unspecified atom stereocenters. The molecule has 0 atom stereocenters. The lowest BCUT2D eigenvalue weighted by Gasteiger charge is -2.00. The Morgan fingerprint density at radius 1 is 1.29 bits per heavy atom. The van der Waals surface area contributed by atoms with Crippen LogP contribution in [0.5, 0.6) is 0 Å². The van der Waals surface area contributed by atoms with Crippen LogP contribution in [0, 0.1) is 10.1 Å². The van der Waals surface area contributed by atoms with E-state index in [1.54, 1.807) is 28.8 Å². The number of nitro groups is 1. The molecular formula is C13H7N5O3. The number of non-ortho nitro benzene ring substituents is 1. The number of rotatable bonds is 1. The molecule has 0 saturated heterocycles. The first kappa shape index (κ1) is 11.5. The predicted molar refractivity (Wildman–Crippen MR) is 75.3 cm³/mol. The second-order valence-electron chi connectivity index (χ2n) is 4.53. The zero-order valence-electron chi connectivity index (χ0n) is 10.5. The first-order chi connectivity index (χ1) is 10.1. The minimum atomic E-state index is -0.484. The molecule has 0 aliphatic carbocycles. The third kappa shape index (κ3) is 1.52. The van der Waals surface area contributed by atoms with Gasteiger partial charge in [0.15, 0.2) is 5.65 Å². The van der Waals surface area contributed by atoms with E-state index in [4.69, 9.17) is 0 Å². The molecule has 3 heterocycles. The Morgan fingerprint density at radius 2 is 2.14 bits per heavy atom. The summed E-state index contributed by atoms with van der Waals surface area (Å²) in [6, 6.07) is 7.71. The number of imidazole rings is 1. The zero-order valence-corrected chi connectivity index (χ0v) is 10.5. The maximum Gasteiger partial charge on any atom is 0.271 e. The molecule has 1 aromatic carbocycles. The van der Waals surface area contributed by atoms with Gasteiger partial charge in [-0.25, -0.2) is 9.97 Å². The number of aromatic nitrogens is 4. The Bertz CT molecular complexity index is 1100. The number of H-pyrrole nitrogens is 1. The van der Waals surface area contributed by atoms with Crippen molar-refractivity contribution in [3.05, 3.63) is 57.0 Å². The number of nitro benzene ring substituents is 1. The molecule has 8 heteroatoms. The first-order valence-corrected chi connectivity index (χ1v) is 6.09. The molecule has 4 rings (SSSR count). The van der Waals surface area contributed by atoms with Crippen molar-refractivity contribution in [2.45, 2.75) is 0 Å². The summed E-state index contributed by atoms with van der Waals surface area (Å²) >= 11 is 0. The highest BCUT2D eigenvalue weighted by atomic mass is 16.6. The summed E-state index contributed by atoms with van der Waals surface area (Å²) in [7, 11) is 0. The number of fused-ring (bicyclic) bond motifs is 5. The van der Waals surface area contributed by atoms with E-state index in [-0.39, 0.29) is 11.2 Å². The summed E-state index contributed by atoms with van der Waals surface area (Å²) in [5.74, 6) is 0.307. The maximum absolute atomic E-state index is 12.0. The fourth-order valence-corrected chi connectivity index (χ4v) is 2.40. The summed E-state index contributed by atoms with van der Waals surface area (Å²) in [6.07, 6.45) is 1.58. The van der Waals surface area contributed by atoms with Gasteiger partial charge in [0.1, 0.15) is 0 Å². The Labute approximate surface area is 115 Å². The van der Waals surface area contributed by atoms with Gasteiger partial charge in [0.2, 0.25) is 5.78 Å². The Kier molecular flexibility index (Phi) is 2.12. The van der Waals surface area contributed by atoms with Crippen LogP contribution in [0.3, 0.4) is 0 Å². The van der Waals surface area contributed by atoms with E-state index in [0.717, 1.165) is 0 Å². The fraction of sp³-hybridized carbons (Fsp3) is 0. The standard InChI is InChI=1S/C13H7N5O3/c19-12-8-2-1-5-14-11(8)17-10-4-3-7(18(20)21)6-9(10)15-13(17)16-12/h1-6H,(H,15,16,19). The zero-order chi connectivity index (χ0) is 14.6. The number of pyridine rings is 1. The lowest BCUT2D eigenvalue weighted by molar-refractivity contribution is -0.384. The first-order valence-electron chi connectivity index (χ1n) is 6.09. The van der Waals surface area contributed by atoms with Gasteiger partial charge in [-0.1, -0.05) is 0 Å². The van der Waals surface area contributed by atoms with Crippen LogP contribution in [0.1, 0.15) is 0 Å². The van der Waals surface area contributed by atoms with E-state index in [9.17, 15) is 14.9 Å². The van der Waals surface area contributed by atoms with E-state index in [1.165, 1.54) is 12.1 Å². The van der Waals surface area contributed by atoms with Crippen LogP contribution < -0.4 is 5.56 Å². The van der Waals surface area contributed by atoms with Crippen LogP contribution in [0.4, 0.5) is 5.69 Å². The molecule has 0 amide bonds. The minimum Gasteiger partial charge on any atom is -0.291 e. The number of hydrogen-bond donors (Lipinski definition) is 1. The van der Waals surface area contributed by atoms with Crippen molar-refractivity contribution in [2.24, 2.45) is 0 Å². The van der Waals surface area contributed by atoms with Crippen molar-refractivity contribution in [1.82, 2.24) is 19.4 Å². The van der Waals surface area contributed by atoms with Gasteiger partial charge in [-0.15, -0.1) is 0 Å². The van der Waals surface area contributed by atoms with Crippen LogP contribution in [-0.2, 0) is 0 Å². The maximum atomic E-state index is 12.0. The van der Waals surface area contributed by atoms with Crippen molar-refractivity contribution >= 4 is 33.5 Å². The van der Waals surface area contributed by atoms with Gasteiger partial charge < -0.3 is 0 Å². The summed E-state index contributed by atoms with van der Waals surface area (Å²) in [4.78, 5) is 33.4. The summed E-state index contributed by atoms with van der Waals surface area (Å²) < 4.78 is 1.68. The molecule has 102 valence electrons. The molecule has 0 fully saturated rings. The molecule has 8 nitrogen and oxygen atoms in total. The lowest BCUT2D eigenvalue weighted by atomic mass is 10.3. The molecule has 1 N–H and O–H groups in total. The van der Waals surface area contributed by atoms with Crippen molar-refractivity contribution < 1.29 is 4.92 Å². The molecule has 0 aliphatic heterocycles. The lowest BCUT2D eigenvalue weighted by Crippen LogP contribution is -2.10. The molecule has 21 heavy (non-hydrogen) atoms. The number of aromatic amines is 1. The van der Waals surface area contributed by atoms with Crippen LogP contribution in [0.2, 0.25) is 0 Å². The van der Waals surface area contributed by atoms with Crippen molar-refractivity contribution in [1.29, 1.82) is 0 Å². The summed E-state index contributed by atoms with van der Waals surface area (Å²) in [5.41, 5.74) is 1.20. The van der Waals surface area contributed by atoms with E-state index in [1.807, 2.05) is 0 Å². The quantitative estimate of drug-likeness (QED) is 0.421. The summed E-state index contributed by atoms with van der Waals surface area (Å²) in [6.45, 7) is 0. The summed E-state index contributed by atoms with van der Waals surface area (Å²) in [5, 5.41) is 11.3. The van der Waals surface area contributed by atoms with Crippen LogP contribution in [-0.4, -0.2) is 24.3 Å². The van der Waals surface area contributed by atoms with Crippen molar-refractivity contribution in [2.75, 3.05) is 0 Å². The molecule has 0 aliphatic rings. The number of nitrogens with zero attached hydrogens (tertiary/aromatic N) is 4. The topological polar surface area (TPSA) is 106 Å². The van der Waals surface area contributed by atoms with E-state index in [2.05, 4.69) is 15.0 Å². The minimum absolute atomic E-state index is 0.0504. The fourth-order valence-electron chi connectivity index (χ4n) is 2.40. The molecule has 4 aromatic rings. The highest BCUT2D eigenvalue weighted by Gasteiger charge is 2.14. The third-order valence-electron chi connectivity index (χ3n) is 3.32. The second kappa shape index (κ2) is 3.85. The van der Waals surface area contributed by atoms with Gasteiger partial charge in [0.25, 0.3) is 11.2 Å². The van der Waals surface area contributed by atoms with Crippen LogP contribution >= 0.6 is 0 Å². The SMILES string of the molecule is O=c1[nH]c2nc3cc([N+](=O)[O-])ccc3n2c2ncccc12. The van der Waals surface area contributed by atoms with Crippen LogP contribution in [0.15, 0.2) is 41.3 Å². The normalized spacial score (nSPS) is 11.4. The average molecular weight is 281 g/mol. The predicted octanol–water partition coefficient (Wildman–Crippen LogP) is 1.63. The van der Waals surface area contributed by atoms with Gasteiger partial charge in [-0.05, 0) is 18.2 Å². The Balaban J connectivity index is 2.25. The van der Waals surface area contributed by atoms with Gasteiger partial charge >= 0.3 is 0 Å². The van der Waals surface area contributed by atoms with Gasteiger partial charge in [0.05, 0.1) is 21.3 Å². The largest absolute Gasteiger partial charge is 0.291 e. The molecule has 3 aromatic heterocycles. The molecular weight excluding hydrogens is 274 g/mol. The molecule has 0 saturated carbocycles. The Hall–Kier alpha value is -3.29. The van der Waals surface area contributed by atoms with E-state index in [0.29, 0.717) is 27.8 Å².